The van der Waals surface area contributed by atoms with Crippen LogP contribution in [0.5, 0.6) is 0 Å². The summed E-state index contributed by atoms with van der Waals surface area (Å²) in [6.07, 6.45) is 1.71. The minimum atomic E-state index is -0.271. The van der Waals surface area contributed by atoms with Crippen LogP contribution < -0.4 is 10.6 Å². The van der Waals surface area contributed by atoms with Crippen molar-refractivity contribution in [3.63, 3.8) is 0 Å². The monoisotopic (exact) mass is 252 g/mol. The normalized spacial score (nSPS) is 11.5. The van der Waals surface area contributed by atoms with Crippen molar-refractivity contribution in [2.75, 3.05) is 5.32 Å². The number of hydrogen-bond donors (Lipinski definition) is 2. The number of amides is 2. The van der Waals surface area contributed by atoms with Crippen LogP contribution in [0, 0.1) is 5.92 Å². The molecule has 3 nitrogen and oxygen atoms in total. The molecule has 2 N–H and O–H groups in total. The summed E-state index contributed by atoms with van der Waals surface area (Å²) < 4.78 is 0. The van der Waals surface area contributed by atoms with Gasteiger partial charge in [-0.25, -0.2) is 4.79 Å². The summed E-state index contributed by atoms with van der Waals surface area (Å²) in [5, 5.41) is 5.97. The van der Waals surface area contributed by atoms with Crippen LogP contribution in [-0.2, 0) is 0 Å². The Balaban J connectivity index is 2.53. The number of allylic oxidation sites excluding steroid dienone is 1. The van der Waals surface area contributed by atoms with Crippen LogP contribution in [0.4, 0.5) is 10.5 Å². The average Bonchev–Trinajstić information content (AvgIpc) is 2.25. The molecule has 1 aromatic rings. The summed E-state index contributed by atoms with van der Waals surface area (Å²) in [4.78, 5) is 11.5. The highest BCUT2D eigenvalue weighted by Gasteiger charge is 2.01. The van der Waals surface area contributed by atoms with E-state index in [0.29, 0.717) is 16.6 Å². The Hall–Kier alpha value is -1.48. The molecule has 0 atom stereocenters. The molecule has 1 aromatic carbocycles. The van der Waals surface area contributed by atoms with Gasteiger partial charge in [-0.15, -0.1) is 0 Å². The molecule has 0 aliphatic rings. The van der Waals surface area contributed by atoms with Crippen molar-refractivity contribution >= 4 is 23.3 Å². The zero-order valence-electron chi connectivity index (χ0n) is 10.3. The number of benzene rings is 1. The quantitative estimate of drug-likeness (QED) is 0.838. The van der Waals surface area contributed by atoms with E-state index in [4.69, 9.17) is 11.6 Å². The first kappa shape index (κ1) is 13.6. The molecule has 0 unspecified atom stereocenters. The number of urea groups is 1. The fourth-order valence-corrected chi connectivity index (χ4v) is 1.27. The van der Waals surface area contributed by atoms with Gasteiger partial charge in [-0.3, -0.25) is 0 Å². The lowest BCUT2D eigenvalue weighted by Crippen LogP contribution is -2.24. The SMILES string of the molecule is C/C(=C\NC(=O)Nc1cccc(Cl)c1)C(C)C. The Labute approximate surface area is 107 Å². The Morgan fingerprint density at radius 3 is 2.71 bits per heavy atom. The lowest BCUT2D eigenvalue weighted by molar-refractivity contribution is 0.255. The maximum absolute atomic E-state index is 11.5. The van der Waals surface area contributed by atoms with Crippen molar-refractivity contribution in [3.05, 3.63) is 41.1 Å². The predicted molar refractivity (Wildman–Crippen MR) is 72.2 cm³/mol. The minimum Gasteiger partial charge on any atom is -0.314 e. The van der Waals surface area contributed by atoms with Crippen LogP contribution >= 0.6 is 11.6 Å². The third kappa shape index (κ3) is 4.91. The topological polar surface area (TPSA) is 41.1 Å². The largest absolute Gasteiger partial charge is 0.323 e. The van der Waals surface area contributed by atoms with E-state index in [0.717, 1.165) is 5.57 Å². The van der Waals surface area contributed by atoms with Crippen LogP contribution in [0.25, 0.3) is 0 Å². The van der Waals surface area contributed by atoms with Crippen molar-refractivity contribution < 1.29 is 4.79 Å². The molecule has 0 saturated heterocycles. The molecule has 0 aromatic heterocycles. The first-order valence-electron chi connectivity index (χ1n) is 5.49. The van der Waals surface area contributed by atoms with Crippen LogP contribution in [0.1, 0.15) is 20.8 Å². The molecule has 0 aliphatic carbocycles. The van der Waals surface area contributed by atoms with Crippen LogP contribution in [0.3, 0.4) is 0 Å². The molecule has 0 radical (unpaired) electrons. The first-order chi connectivity index (χ1) is 7.99. The van der Waals surface area contributed by atoms with E-state index < -0.39 is 0 Å². The number of carbonyl (C=O) groups is 1. The Morgan fingerprint density at radius 1 is 1.41 bits per heavy atom. The molecule has 0 heterocycles. The minimum absolute atomic E-state index is 0.271. The van der Waals surface area contributed by atoms with Crippen molar-refractivity contribution in [3.8, 4) is 0 Å². The standard InChI is InChI=1S/C13H17ClN2O/c1-9(2)10(3)8-15-13(17)16-12-6-4-5-11(14)7-12/h4-9H,1-3H3,(H2,15,16,17)/b10-8+. The highest BCUT2D eigenvalue weighted by molar-refractivity contribution is 6.30. The van der Waals surface area contributed by atoms with Crippen molar-refractivity contribution in [2.24, 2.45) is 5.92 Å². The number of hydrogen-bond acceptors (Lipinski definition) is 1. The summed E-state index contributed by atoms with van der Waals surface area (Å²) in [6.45, 7) is 6.12. The van der Waals surface area contributed by atoms with Crippen LogP contribution in [0.15, 0.2) is 36.0 Å². The van der Waals surface area contributed by atoms with E-state index in [9.17, 15) is 4.79 Å². The molecule has 2 amide bonds. The summed E-state index contributed by atoms with van der Waals surface area (Å²) in [7, 11) is 0. The zero-order chi connectivity index (χ0) is 12.8. The smallest absolute Gasteiger partial charge is 0.314 e. The van der Waals surface area contributed by atoms with E-state index in [1.807, 2.05) is 6.92 Å². The molecule has 17 heavy (non-hydrogen) atoms. The van der Waals surface area contributed by atoms with Crippen molar-refractivity contribution in [1.82, 2.24) is 5.32 Å². The lowest BCUT2D eigenvalue weighted by atomic mass is 10.1. The number of carbonyl (C=O) groups excluding carboxylic acids is 1. The van der Waals surface area contributed by atoms with Crippen molar-refractivity contribution in [2.45, 2.75) is 20.8 Å². The van der Waals surface area contributed by atoms with Gasteiger partial charge in [0.15, 0.2) is 0 Å². The predicted octanol–water partition coefficient (Wildman–Crippen LogP) is 4.02. The van der Waals surface area contributed by atoms with Crippen molar-refractivity contribution in [1.29, 1.82) is 0 Å². The van der Waals surface area contributed by atoms with E-state index in [1.54, 1.807) is 30.5 Å². The van der Waals surface area contributed by atoms with Gasteiger partial charge in [0.2, 0.25) is 0 Å². The van der Waals surface area contributed by atoms with Gasteiger partial charge in [0.1, 0.15) is 0 Å². The van der Waals surface area contributed by atoms with Gasteiger partial charge in [0, 0.05) is 16.9 Å². The second-order valence-electron chi connectivity index (χ2n) is 4.15. The molecule has 0 aliphatic heterocycles. The molecule has 1 rings (SSSR count). The number of anilines is 1. The molecule has 0 bridgehead atoms. The molecular formula is C13H17ClN2O. The Kier molecular flexibility index (Phi) is 5.04. The highest BCUT2D eigenvalue weighted by Crippen LogP contribution is 2.14. The van der Waals surface area contributed by atoms with Crippen LogP contribution in [0.2, 0.25) is 5.02 Å². The van der Waals surface area contributed by atoms with Gasteiger partial charge in [0.05, 0.1) is 0 Å². The third-order valence-electron chi connectivity index (χ3n) is 2.42. The van der Waals surface area contributed by atoms with Gasteiger partial charge in [-0.05, 0) is 31.0 Å². The molecule has 0 fully saturated rings. The third-order valence-corrected chi connectivity index (χ3v) is 2.66. The maximum Gasteiger partial charge on any atom is 0.323 e. The summed E-state index contributed by atoms with van der Waals surface area (Å²) in [5.74, 6) is 0.418. The van der Waals surface area contributed by atoms with E-state index in [1.165, 1.54) is 0 Å². The second kappa shape index (κ2) is 6.30. The molecular weight excluding hydrogens is 236 g/mol. The van der Waals surface area contributed by atoms with Gasteiger partial charge >= 0.3 is 6.03 Å². The van der Waals surface area contributed by atoms with Gasteiger partial charge in [-0.1, -0.05) is 37.1 Å². The van der Waals surface area contributed by atoms with E-state index in [2.05, 4.69) is 24.5 Å². The summed E-state index contributed by atoms with van der Waals surface area (Å²) in [5.41, 5.74) is 1.79. The second-order valence-corrected chi connectivity index (χ2v) is 4.59. The Bertz CT molecular complexity index is 427. The van der Waals surface area contributed by atoms with Gasteiger partial charge in [0.25, 0.3) is 0 Å². The fraction of sp³-hybridized carbons (Fsp3) is 0.308. The van der Waals surface area contributed by atoms with E-state index >= 15 is 0 Å². The van der Waals surface area contributed by atoms with E-state index in [-0.39, 0.29) is 6.03 Å². The van der Waals surface area contributed by atoms with Crippen LogP contribution in [-0.4, -0.2) is 6.03 Å². The number of nitrogens with one attached hydrogen (secondary N) is 2. The van der Waals surface area contributed by atoms with Gasteiger partial charge < -0.3 is 10.6 Å². The maximum atomic E-state index is 11.5. The first-order valence-corrected chi connectivity index (χ1v) is 5.86. The number of halogens is 1. The molecule has 92 valence electrons. The zero-order valence-corrected chi connectivity index (χ0v) is 11.0. The Morgan fingerprint density at radius 2 is 2.12 bits per heavy atom. The number of rotatable bonds is 3. The molecule has 4 heteroatoms. The average molecular weight is 253 g/mol. The molecule has 0 saturated carbocycles. The fourth-order valence-electron chi connectivity index (χ4n) is 1.08. The highest BCUT2D eigenvalue weighted by atomic mass is 35.5. The van der Waals surface area contributed by atoms with Gasteiger partial charge in [-0.2, -0.15) is 0 Å². The summed E-state index contributed by atoms with van der Waals surface area (Å²) >= 11 is 5.81. The molecule has 0 spiro atoms. The summed E-state index contributed by atoms with van der Waals surface area (Å²) in [6, 6.07) is 6.75. The lowest BCUT2D eigenvalue weighted by Gasteiger charge is -2.07.